The zero-order valence-electron chi connectivity index (χ0n) is 13.0. The Kier molecular flexibility index (Phi) is 4.14. The fourth-order valence-electron chi connectivity index (χ4n) is 2.45. The molecule has 0 spiro atoms. The minimum atomic E-state index is -1.32. The molecule has 7 nitrogen and oxygen atoms in total. The van der Waals surface area contributed by atoms with Crippen LogP contribution in [0.25, 0.3) is 11.0 Å². The number of nitrogens with one attached hydrogen (secondary N) is 1. The summed E-state index contributed by atoms with van der Waals surface area (Å²) in [6, 6.07) is 1.69. The van der Waals surface area contributed by atoms with E-state index >= 15 is 0 Å². The third-order valence-corrected chi connectivity index (χ3v) is 3.54. The molecule has 0 fully saturated rings. The molecule has 0 aliphatic heterocycles. The van der Waals surface area contributed by atoms with Gasteiger partial charge in [0.1, 0.15) is 23.6 Å². The van der Waals surface area contributed by atoms with E-state index < -0.39 is 34.5 Å². The van der Waals surface area contributed by atoms with E-state index in [0.717, 1.165) is 12.1 Å². The van der Waals surface area contributed by atoms with Gasteiger partial charge in [-0.2, -0.15) is 0 Å². The van der Waals surface area contributed by atoms with Crippen LogP contribution in [-0.4, -0.2) is 33.2 Å². The first kappa shape index (κ1) is 16.5. The summed E-state index contributed by atoms with van der Waals surface area (Å²) >= 11 is 0. The van der Waals surface area contributed by atoms with Crippen molar-refractivity contribution < 1.29 is 23.1 Å². The van der Waals surface area contributed by atoms with Crippen LogP contribution in [0, 0.1) is 11.6 Å². The van der Waals surface area contributed by atoms with Gasteiger partial charge >= 0.3 is 0 Å². The number of nitrogens with zero attached hydrogens (tertiary/aromatic N) is 2. The Bertz CT molecular complexity index is 1000. The highest BCUT2D eigenvalue weighted by atomic mass is 19.1. The average Bonchev–Trinajstić information content (AvgIpc) is 2.99. The number of rotatable bonds is 5. The first-order valence-corrected chi connectivity index (χ1v) is 7.23. The largest absolute Gasteiger partial charge is 0.477 e. The van der Waals surface area contributed by atoms with E-state index in [1.54, 1.807) is 6.92 Å². The first-order chi connectivity index (χ1) is 12.0. The fraction of sp³-hybridized carbons (Fsp3) is 0.125. The van der Waals surface area contributed by atoms with E-state index in [1.165, 1.54) is 12.5 Å². The van der Waals surface area contributed by atoms with Crippen LogP contribution in [0.5, 0.6) is 5.88 Å². The topological polar surface area (TPSA) is 111 Å². The van der Waals surface area contributed by atoms with Crippen molar-refractivity contribution in [3.8, 4) is 5.88 Å². The maximum absolute atomic E-state index is 14.4. The molecule has 0 saturated heterocycles. The molecule has 2 aromatic heterocycles. The van der Waals surface area contributed by atoms with E-state index in [9.17, 15) is 18.4 Å². The van der Waals surface area contributed by atoms with Crippen LogP contribution in [0.2, 0.25) is 0 Å². The zero-order chi connectivity index (χ0) is 18.1. The molecule has 0 aliphatic rings. The van der Waals surface area contributed by atoms with Crippen molar-refractivity contribution in [3.63, 3.8) is 0 Å². The zero-order valence-corrected chi connectivity index (χ0v) is 13.0. The summed E-state index contributed by atoms with van der Waals surface area (Å²) in [5.41, 5.74) is 3.77. The van der Waals surface area contributed by atoms with Crippen molar-refractivity contribution in [1.29, 1.82) is 0 Å². The van der Waals surface area contributed by atoms with Gasteiger partial charge in [-0.1, -0.05) is 0 Å². The SMILES string of the molecule is CCOc1ncnc2[nH]cc(C(=O)c3c(F)ccc(C(N)=O)c3F)c12. The standard InChI is InChI=1S/C16H12F2N4O3/c1-2-25-16-10-8(5-20-15(10)21-6-22-16)13(23)11-9(17)4-3-7(12(11)18)14(19)24/h3-6H,2H2,1H3,(H2,19,24)(H,20,21,22). The fourth-order valence-corrected chi connectivity index (χ4v) is 2.45. The quantitative estimate of drug-likeness (QED) is 0.686. The third kappa shape index (κ3) is 2.69. The summed E-state index contributed by atoms with van der Waals surface area (Å²) in [5, 5.41) is 0.192. The maximum Gasteiger partial charge on any atom is 0.251 e. The number of halogens is 2. The van der Waals surface area contributed by atoms with E-state index in [-0.39, 0.29) is 29.1 Å². The molecule has 1 aromatic carbocycles. The third-order valence-electron chi connectivity index (χ3n) is 3.54. The van der Waals surface area contributed by atoms with Crippen molar-refractivity contribution in [3.05, 3.63) is 53.0 Å². The molecule has 0 atom stereocenters. The van der Waals surface area contributed by atoms with Gasteiger partial charge in [-0.15, -0.1) is 0 Å². The Morgan fingerprint density at radius 1 is 1.24 bits per heavy atom. The van der Waals surface area contributed by atoms with Gasteiger partial charge in [0.05, 0.1) is 28.7 Å². The second-order valence-corrected chi connectivity index (χ2v) is 5.02. The van der Waals surface area contributed by atoms with Gasteiger partial charge in [-0.05, 0) is 19.1 Å². The van der Waals surface area contributed by atoms with Gasteiger partial charge in [-0.3, -0.25) is 9.59 Å². The summed E-state index contributed by atoms with van der Waals surface area (Å²) in [7, 11) is 0. The highest BCUT2D eigenvalue weighted by Gasteiger charge is 2.27. The molecule has 0 radical (unpaired) electrons. The molecule has 9 heteroatoms. The van der Waals surface area contributed by atoms with Crippen LogP contribution < -0.4 is 10.5 Å². The summed E-state index contributed by atoms with van der Waals surface area (Å²) in [6.45, 7) is 1.99. The van der Waals surface area contributed by atoms with Gasteiger partial charge < -0.3 is 15.5 Å². The summed E-state index contributed by atoms with van der Waals surface area (Å²) < 4.78 is 33.9. The van der Waals surface area contributed by atoms with Crippen LogP contribution in [0.1, 0.15) is 33.2 Å². The molecular weight excluding hydrogens is 334 g/mol. The number of aromatic amines is 1. The molecule has 0 saturated carbocycles. The lowest BCUT2D eigenvalue weighted by molar-refractivity contribution is 0.0996. The van der Waals surface area contributed by atoms with Crippen LogP contribution in [0.3, 0.4) is 0 Å². The van der Waals surface area contributed by atoms with Gasteiger partial charge in [0.25, 0.3) is 5.91 Å². The average molecular weight is 346 g/mol. The van der Waals surface area contributed by atoms with Gasteiger partial charge in [0.2, 0.25) is 11.7 Å². The second kappa shape index (κ2) is 6.27. The molecule has 25 heavy (non-hydrogen) atoms. The Hall–Kier alpha value is -3.36. The van der Waals surface area contributed by atoms with Crippen molar-refractivity contribution in [2.24, 2.45) is 5.73 Å². The van der Waals surface area contributed by atoms with Gasteiger partial charge in [-0.25, -0.2) is 18.7 Å². The molecule has 3 N–H and O–H groups in total. The maximum atomic E-state index is 14.4. The lowest BCUT2D eigenvalue weighted by Gasteiger charge is -2.08. The summed E-state index contributed by atoms with van der Waals surface area (Å²) in [4.78, 5) is 34.6. The molecule has 1 amide bonds. The van der Waals surface area contributed by atoms with Crippen molar-refractivity contribution in [2.45, 2.75) is 6.92 Å². The Morgan fingerprint density at radius 3 is 2.68 bits per heavy atom. The first-order valence-electron chi connectivity index (χ1n) is 7.23. The number of ketones is 1. The van der Waals surface area contributed by atoms with Gasteiger partial charge in [0, 0.05) is 6.20 Å². The number of primary amides is 1. The number of carbonyl (C=O) groups is 2. The van der Waals surface area contributed by atoms with Crippen molar-refractivity contribution >= 4 is 22.7 Å². The Morgan fingerprint density at radius 2 is 2.00 bits per heavy atom. The smallest absolute Gasteiger partial charge is 0.251 e. The highest BCUT2D eigenvalue weighted by molar-refractivity contribution is 6.17. The van der Waals surface area contributed by atoms with E-state index in [1.807, 2.05) is 0 Å². The molecule has 0 bridgehead atoms. The van der Waals surface area contributed by atoms with Crippen LogP contribution in [-0.2, 0) is 0 Å². The monoisotopic (exact) mass is 346 g/mol. The van der Waals surface area contributed by atoms with Crippen molar-refractivity contribution in [1.82, 2.24) is 15.0 Å². The van der Waals surface area contributed by atoms with E-state index in [0.29, 0.717) is 0 Å². The van der Waals surface area contributed by atoms with Crippen LogP contribution in [0.15, 0.2) is 24.7 Å². The highest BCUT2D eigenvalue weighted by Crippen LogP contribution is 2.29. The molecule has 128 valence electrons. The number of hydrogen-bond acceptors (Lipinski definition) is 5. The van der Waals surface area contributed by atoms with E-state index in [2.05, 4.69) is 15.0 Å². The molecule has 0 unspecified atom stereocenters. The number of nitrogens with two attached hydrogens (primary N) is 1. The number of benzene rings is 1. The minimum Gasteiger partial charge on any atom is -0.477 e. The predicted octanol–water partition coefficient (Wildman–Crippen LogP) is 1.96. The summed E-state index contributed by atoms with van der Waals surface area (Å²) in [6.07, 6.45) is 2.48. The number of amides is 1. The molecule has 2 heterocycles. The van der Waals surface area contributed by atoms with Crippen LogP contribution in [0.4, 0.5) is 8.78 Å². The lowest BCUT2D eigenvalue weighted by atomic mass is 9.99. The molecule has 3 rings (SSSR count). The lowest BCUT2D eigenvalue weighted by Crippen LogP contribution is -2.17. The summed E-state index contributed by atoms with van der Waals surface area (Å²) in [5.74, 6) is -4.42. The minimum absolute atomic E-state index is 0.0847. The van der Waals surface area contributed by atoms with E-state index in [4.69, 9.17) is 10.5 Å². The normalized spacial score (nSPS) is 10.8. The Balaban J connectivity index is 2.22. The number of carbonyl (C=O) groups excluding carboxylic acids is 2. The van der Waals surface area contributed by atoms with Crippen molar-refractivity contribution in [2.75, 3.05) is 6.61 Å². The number of aromatic nitrogens is 3. The number of fused-ring (bicyclic) bond motifs is 1. The molecular formula is C16H12F2N4O3. The number of hydrogen-bond donors (Lipinski definition) is 2. The molecule has 0 aliphatic carbocycles. The number of H-pyrrole nitrogens is 1. The number of ether oxygens (including phenoxy) is 1. The predicted molar refractivity (Wildman–Crippen MR) is 83.4 cm³/mol. The second-order valence-electron chi connectivity index (χ2n) is 5.02. The Labute approximate surface area is 139 Å². The molecule has 3 aromatic rings. The van der Waals surface area contributed by atoms with Crippen LogP contribution >= 0.6 is 0 Å². The van der Waals surface area contributed by atoms with Gasteiger partial charge in [0.15, 0.2) is 0 Å².